The second-order valence-corrected chi connectivity index (χ2v) is 5.98. The summed E-state index contributed by atoms with van der Waals surface area (Å²) >= 11 is 1.09. The number of nitrogens with one attached hydrogen (secondary N) is 1. The second-order valence-electron chi connectivity index (χ2n) is 4.38. The summed E-state index contributed by atoms with van der Waals surface area (Å²) < 4.78 is 4.04. The number of methoxy groups -OCH3 is 1. The van der Waals surface area contributed by atoms with Crippen molar-refractivity contribution in [3.8, 4) is 5.75 Å². The molecule has 0 fully saturated rings. The number of carbonyl (C=O) groups excluding carboxylic acids is 1. The van der Waals surface area contributed by atoms with Gasteiger partial charge in [0.15, 0.2) is 0 Å². The molecule has 0 heterocycles. The molecule has 5 nitrogen and oxygen atoms in total. The number of ether oxygens (including phenoxy) is 1. The first-order chi connectivity index (χ1) is 8.85. The van der Waals surface area contributed by atoms with E-state index in [0.29, 0.717) is 11.4 Å². The number of amides is 1. The van der Waals surface area contributed by atoms with Crippen LogP contribution in [0.1, 0.15) is 13.8 Å². The number of anilines is 1. The van der Waals surface area contributed by atoms with Gasteiger partial charge in [-0.15, -0.1) is 11.8 Å². The summed E-state index contributed by atoms with van der Waals surface area (Å²) in [5.41, 5.74) is 0.652. The summed E-state index contributed by atoms with van der Waals surface area (Å²) in [5, 5.41) is 11.6. The molecule has 19 heavy (non-hydrogen) atoms. The molecule has 0 saturated carbocycles. The molecular weight excluding hydrogens is 266 g/mol. The average Bonchev–Trinajstić information content (AvgIpc) is 2.37. The molecule has 1 rings (SSSR count). The lowest BCUT2D eigenvalue weighted by Crippen LogP contribution is -2.29. The molecule has 2 N–H and O–H groups in total. The standard InChI is InChI=1S/C13H17NO4S/c1-13(2,12(16)17)19-8-11(15)14-9-4-6-10(18-3)7-5-9/h4-7H,8H2,1-3H3,(H,14,15)(H,16,17). The zero-order valence-electron chi connectivity index (χ0n) is 11.1. The van der Waals surface area contributed by atoms with Gasteiger partial charge in [-0.3, -0.25) is 9.59 Å². The third-order valence-electron chi connectivity index (χ3n) is 2.45. The van der Waals surface area contributed by atoms with Crippen LogP contribution in [0, 0.1) is 0 Å². The van der Waals surface area contributed by atoms with Gasteiger partial charge in [0.05, 0.1) is 12.9 Å². The largest absolute Gasteiger partial charge is 0.497 e. The van der Waals surface area contributed by atoms with E-state index in [2.05, 4.69) is 5.32 Å². The Morgan fingerprint density at radius 1 is 1.32 bits per heavy atom. The molecule has 0 unspecified atom stereocenters. The van der Waals surface area contributed by atoms with Crippen molar-refractivity contribution >= 4 is 29.3 Å². The van der Waals surface area contributed by atoms with Crippen LogP contribution in [0.3, 0.4) is 0 Å². The highest BCUT2D eigenvalue weighted by Gasteiger charge is 2.28. The molecule has 0 aromatic heterocycles. The normalized spacial score (nSPS) is 10.9. The average molecular weight is 283 g/mol. The van der Waals surface area contributed by atoms with Crippen LogP contribution in [-0.4, -0.2) is 34.6 Å². The van der Waals surface area contributed by atoms with Crippen LogP contribution < -0.4 is 10.1 Å². The Labute approximate surface area is 116 Å². The number of benzene rings is 1. The fourth-order valence-electron chi connectivity index (χ4n) is 1.18. The molecular formula is C13H17NO4S. The van der Waals surface area contributed by atoms with Gasteiger partial charge in [0.25, 0.3) is 0 Å². The predicted molar refractivity (Wildman–Crippen MR) is 75.8 cm³/mol. The van der Waals surface area contributed by atoms with Crippen molar-refractivity contribution in [1.82, 2.24) is 0 Å². The molecule has 0 spiro atoms. The van der Waals surface area contributed by atoms with Gasteiger partial charge in [0.2, 0.25) is 5.91 Å². The maximum absolute atomic E-state index is 11.7. The van der Waals surface area contributed by atoms with Gasteiger partial charge in [0, 0.05) is 5.69 Å². The monoisotopic (exact) mass is 283 g/mol. The van der Waals surface area contributed by atoms with Crippen molar-refractivity contribution in [2.24, 2.45) is 0 Å². The summed E-state index contributed by atoms with van der Waals surface area (Å²) in [6.45, 7) is 3.14. The lowest BCUT2D eigenvalue weighted by atomic mass is 10.2. The minimum absolute atomic E-state index is 0.0886. The van der Waals surface area contributed by atoms with E-state index in [-0.39, 0.29) is 11.7 Å². The van der Waals surface area contributed by atoms with Crippen LogP contribution in [0.2, 0.25) is 0 Å². The van der Waals surface area contributed by atoms with Gasteiger partial charge in [-0.2, -0.15) is 0 Å². The van der Waals surface area contributed by atoms with Crippen molar-refractivity contribution in [3.05, 3.63) is 24.3 Å². The molecule has 104 valence electrons. The fraction of sp³-hybridized carbons (Fsp3) is 0.385. The summed E-state index contributed by atoms with van der Waals surface area (Å²) in [4.78, 5) is 22.6. The van der Waals surface area contributed by atoms with E-state index in [4.69, 9.17) is 9.84 Å². The van der Waals surface area contributed by atoms with Gasteiger partial charge >= 0.3 is 5.97 Å². The summed E-state index contributed by atoms with van der Waals surface area (Å²) in [6.07, 6.45) is 0. The SMILES string of the molecule is COc1ccc(NC(=O)CSC(C)(C)C(=O)O)cc1. The summed E-state index contributed by atoms with van der Waals surface area (Å²) in [6, 6.07) is 6.93. The Morgan fingerprint density at radius 3 is 2.37 bits per heavy atom. The third-order valence-corrected chi connectivity index (χ3v) is 3.76. The lowest BCUT2D eigenvalue weighted by Gasteiger charge is -2.17. The molecule has 1 aromatic carbocycles. The number of carbonyl (C=O) groups is 2. The van der Waals surface area contributed by atoms with E-state index in [9.17, 15) is 9.59 Å². The molecule has 0 atom stereocenters. The van der Waals surface area contributed by atoms with Crippen molar-refractivity contribution in [2.45, 2.75) is 18.6 Å². The smallest absolute Gasteiger partial charge is 0.319 e. The molecule has 1 aromatic rings. The highest BCUT2D eigenvalue weighted by molar-refractivity contribution is 8.02. The van der Waals surface area contributed by atoms with Crippen molar-refractivity contribution in [1.29, 1.82) is 0 Å². The van der Waals surface area contributed by atoms with E-state index in [1.807, 2.05) is 0 Å². The maximum Gasteiger partial charge on any atom is 0.319 e. The molecule has 0 aliphatic carbocycles. The molecule has 0 radical (unpaired) electrons. The number of thioether (sulfide) groups is 1. The molecule has 0 aliphatic rings. The third kappa shape index (κ3) is 4.82. The van der Waals surface area contributed by atoms with Gasteiger partial charge < -0.3 is 15.2 Å². The first-order valence-electron chi connectivity index (χ1n) is 5.66. The number of hydrogen-bond donors (Lipinski definition) is 2. The first-order valence-corrected chi connectivity index (χ1v) is 6.65. The number of aliphatic carboxylic acids is 1. The van der Waals surface area contributed by atoms with Crippen LogP contribution in [-0.2, 0) is 9.59 Å². The Bertz CT molecular complexity index is 456. The van der Waals surface area contributed by atoms with Gasteiger partial charge in [-0.25, -0.2) is 0 Å². The Morgan fingerprint density at radius 2 is 1.89 bits per heavy atom. The lowest BCUT2D eigenvalue weighted by molar-refractivity contribution is -0.138. The number of rotatable bonds is 6. The van der Waals surface area contributed by atoms with Crippen molar-refractivity contribution in [3.63, 3.8) is 0 Å². The fourth-order valence-corrected chi connectivity index (χ4v) is 1.87. The van der Waals surface area contributed by atoms with Crippen molar-refractivity contribution < 1.29 is 19.4 Å². The Balaban J connectivity index is 2.49. The number of carboxylic acid groups (broad SMARTS) is 1. The highest BCUT2D eigenvalue weighted by atomic mass is 32.2. The molecule has 1 amide bonds. The van der Waals surface area contributed by atoms with E-state index in [0.717, 1.165) is 11.8 Å². The molecule has 0 saturated heterocycles. The topological polar surface area (TPSA) is 75.6 Å². The van der Waals surface area contributed by atoms with Crippen LogP contribution in [0.25, 0.3) is 0 Å². The quantitative estimate of drug-likeness (QED) is 0.837. The zero-order valence-corrected chi connectivity index (χ0v) is 11.9. The van der Waals surface area contributed by atoms with Crippen LogP contribution in [0.4, 0.5) is 5.69 Å². The minimum atomic E-state index is -0.975. The molecule has 6 heteroatoms. The van der Waals surface area contributed by atoms with Gasteiger partial charge in [-0.1, -0.05) is 0 Å². The Hall–Kier alpha value is -1.69. The van der Waals surface area contributed by atoms with E-state index >= 15 is 0 Å². The Kier molecular flexibility index (Phi) is 5.23. The summed E-state index contributed by atoms with van der Waals surface area (Å²) in [5.74, 6) is -0.371. The number of carboxylic acids is 1. The second kappa shape index (κ2) is 6.47. The minimum Gasteiger partial charge on any atom is -0.497 e. The first kappa shape index (κ1) is 15.4. The molecule has 0 aliphatic heterocycles. The maximum atomic E-state index is 11.7. The van der Waals surface area contributed by atoms with Crippen LogP contribution in [0.15, 0.2) is 24.3 Å². The van der Waals surface area contributed by atoms with E-state index in [1.165, 1.54) is 0 Å². The predicted octanol–water partition coefficient (Wildman–Crippen LogP) is 2.23. The van der Waals surface area contributed by atoms with E-state index < -0.39 is 10.7 Å². The zero-order chi connectivity index (χ0) is 14.5. The van der Waals surface area contributed by atoms with Crippen molar-refractivity contribution in [2.75, 3.05) is 18.2 Å². The van der Waals surface area contributed by atoms with Gasteiger partial charge in [0.1, 0.15) is 10.5 Å². The van der Waals surface area contributed by atoms with Crippen LogP contribution in [0.5, 0.6) is 5.75 Å². The number of hydrogen-bond acceptors (Lipinski definition) is 4. The summed E-state index contributed by atoms with van der Waals surface area (Å²) in [7, 11) is 1.57. The highest BCUT2D eigenvalue weighted by Crippen LogP contribution is 2.24. The van der Waals surface area contributed by atoms with Crippen LogP contribution >= 0.6 is 11.8 Å². The van der Waals surface area contributed by atoms with Gasteiger partial charge in [-0.05, 0) is 38.1 Å². The molecule has 0 bridgehead atoms. The van der Waals surface area contributed by atoms with E-state index in [1.54, 1.807) is 45.2 Å².